The third-order valence-electron chi connectivity index (χ3n) is 7.11. The van der Waals surface area contributed by atoms with Crippen molar-refractivity contribution >= 4 is 28.2 Å². The molecule has 2 aromatic rings. The summed E-state index contributed by atoms with van der Waals surface area (Å²) in [5.41, 5.74) is 1.50. The average Bonchev–Trinajstić information content (AvgIpc) is 3.54. The Balaban J connectivity index is 1.53. The van der Waals surface area contributed by atoms with E-state index in [1.807, 2.05) is 0 Å². The summed E-state index contributed by atoms with van der Waals surface area (Å²) in [5.74, 6) is -0.309. The van der Waals surface area contributed by atoms with Gasteiger partial charge in [-0.2, -0.15) is 0 Å². The van der Waals surface area contributed by atoms with Crippen LogP contribution in [0.3, 0.4) is 0 Å². The third-order valence-corrected chi connectivity index (χ3v) is 7.86. The number of hydrogen-bond acceptors (Lipinski definition) is 5. The number of rotatable bonds is 8. The van der Waals surface area contributed by atoms with Gasteiger partial charge in [-0.15, -0.1) is 0 Å². The van der Waals surface area contributed by atoms with Crippen molar-refractivity contribution in [1.82, 2.24) is 4.90 Å². The summed E-state index contributed by atoms with van der Waals surface area (Å²) in [6, 6.07) is 7.27. The van der Waals surface area contributed by atoms with Crippen molar-refractivity contribution in [2.45, 2.75) is 32.1 Å². The molecule has 0 spiro atoms. The van der Waals surface area contributed by atoms with Gasteiger partial charge < -0.3 is 14.7 Å². The highest BCUT2D eigenvalue weighted by Gasteiger charge is 2.45. The number of carboxylic acid groups (broad SMARTS) is 1. The highest BCUT2D eigenvalue weighted by molar-refractivity contribution is 7.74. The van der Waals surface area contributed by atoms with Gasteiger partial charge >= 0.3 is 5.97 Å². The zero-order valence-corrected chi connectivity index (χ0v) is 19.3. The smallest absolute Gasteiger partial charge is 0.341 e. The molecule has 2 unspecified atom stereocenters. The Morgan fingerprint density at radius 1 is 1.24 bits per heavy atom. The first-order valence-electron chi connectivity index (χ1n) is 11.4. The lowest BCUT2D eigenvalue weighted by molar-refractivity contribution is 0.0692. The molecular formula is C24H27FN2O5S. The van der Waals surface area contributed by atoms with Crippen molar-refractivity contribution in [3.05, 3.63) is 52.8 Å². The molecule has 1 saturated carbocycles. The van der Waals surface area contributed by atoms with Gasteiger partial charge in [-0.25, -0.2) is 21.9 Å². The largest absolute Gasteiger partial charge is 0.492 e. The van der Waals surface area contributed by atoms with Gasteiger partial charge in [0.2, 0.25) is 10.9 Å². The minimum atomic E-state index is -3.24. The second kappa shape index (κ2) is 8.61. The SMILES string of the molecule is CCN1CC(CCc2cc(F)ccc2N(c2ccc3c(c2C(=O)O)OCC2CC32)[SH](=O)=O)C1. The molecule has 3 aliphatic rings. The Morgan fingerprint density at radius 3 is 2.70 bits per heavy atom. The van der Waals surface area contributed by atoms with Crippen LogP contribution in [0, 0.1) is 17.7 Å². The molecule has 0 aromatic heterocycles. The van der Waals surface area contributed by atoms with Crippen molar-refractivity contribution < 1.29 is 27.4 Å². The van der Waals surface area contributed by atoms with Crippen LogP contribution in [0.2, 0.25) is 0 Å². The molecule has 7 nitrogen and oxygen atoms in total. The van der Waals surface area contributed by atoms with E-state index in [4.69, 9.17) is 4.74 Å². The van der Waals surface area contributed by atoms with E-state index >= 15 is 0 Å². The molecule has 2 heterocycles. The molecule has 1 aliphatic carbocycles. The summed E-state index contributed by atoms with van der Waals surface area (Å²) >= 11 is 0. The van der Waals surface area contributed by atoms with Crippen molar-refractivity contribution in [1.29, 1.82) is 0 Å². The number of likely N-dealkylation sites (tertiary alicyclic amines) is 1. The predicted molar refractivity (Wildman–Crippen MR) is 123 cm³/mol. The number of thiol groups is 1. The standard InChI is InChI=1S/C24H27FN2O5S/c1-2-26-11-14(12-26)3-4-15-9-17(25)5-7-20(15)27(33(30)31)21-8-6-18-19-10-16(19)13-32-23(18)22(21)24(28)29/h5-9,14,16,19,33H,2-4,10-13H2,1H3,(H,28,29). The number of halogens is 1. The van der Waals surface area contributed by atoms with Crippen LogP contribution in [0.5, 0.6) is 5.75 Å². The van der Waals surface area contributed by atoms with E-state index in [9.17, 15) is 22.7 Å². The van der Waals surface area contributed by atoms with E-state index in [0.29, 0.717) is 30.4 Å². The van der Waals surface area contributed by atoms with Crippen LogP contribution in [-0.2, 0) is 17.3 Å². The van der Waals surface area contributed by atoms with Gasteiger partial charge in [-0.3, -0.25) is 0 Å². The zero-order valence-electron chi connectivity index (χ0n) is 18.4. The summed E-state index contributed by atoms with van der Waals surface area (Å²) in [5, 5.41) is 10.0. The topological polar surface area (TPSA) is 87.2 Å². The molecule has 2 atom stereocenters. The number of nitrogens with zero attached hydrogens (tertiary/aromatic N) is 2. The average molecular weight is 475 g/mol. The van der Waals surface area contributed by atoms with E-state index in [-0.39, 0.29) is 28.6 Å². The molecule has 0 radical (unpaired) electrons. The number of aryl methyl sites for hydroxylation is 1. The fourth-order valence-corrected chi connectivity index (χ4v) is 5.88. The van der Waals surface area contributed by atoms with Gasteiger partial charge in [0.05, 0.1) is 18.0 Å². The fraction of sp³-hybridized carbons (Fsp3) is 0.458. The maximum absolute atomic E-state index is 14.1. The molecule has 1 N–H and O–H groups in total. The fourth-order valence-electron chi connectivity index (χ4n) is 5.17. The van der Waals surface area contributed by atoms with Gasteiger partial charge in [-0.1, -0.05) is 13.0 Å². The van der Waals surface area contributed by atoms with Crippen LogP contribution < -0.4 is 9.04 Å². The lowest BCUT2D eigenvalue weighted by atomic mass is 9.92. The Morgan fingerprint density at radius 2 is 2.00 bits per heavy atom. The van der Waals surface area contributed by atoms with Crippen LogP contribution in [0.1, 0.15) is 47.2 Å². The minimum Gasteiger partial charge on any atom is -0.492 e. The molecule has 1 saturated heterocycles. The van der Waals surface area contributed by atoms with E-state index in [1.165, 1.54) is 24.3 Å². The second-order valence-corrected chi connectivity index (χ2v) is 10.1. The maximum atomic E-state index is 14.1. The first-order valence-corrected chi connectivity index (χ1v) is 12.5. The molecule has 176 valence electrons. The van der Waals surface area contributed by atoms with Crippen LogP contribution in [0.15, 0.2) is 30.3 Å². The first-order chi connectivity index (χ1) is 15.9. The van der Waals surface area contributed by atoms with Crippen LogP contribution in [-0.4, -0.2) is 50.6 Å². The van der Waals surface area contributed by atoms with Gasteiger partial charge in [0, 0.05) is 19.0 Å². The number of carbonyl (C=O) groups is 1. The molecule has 5 rings (SSSR count). The highest BCUT2D eigenvalue weighted by atomic mass is 32.2. The van der Waals surface area contributed by atoms with Crippen LogP contribution in [0.25, 0.3) is 0 Å². The lowest BCUT2D eigenvalue weighted by Crippen LogP contribution is -2.46. The molecule has 33 heavy (non-hydrogen) atoms. The van der Waals surface area contributed by atoms with E-state index in [1.54, 1.807) is 6.07 Å². The summed E-state index contributed by atoms with van der Waals surface area (Å²) < 4.78 is 45.9. The van der Waals surface area contributed by atoms with Crippen molar-refractivity contribution in [2.75, 3.05) is 30.5 Å². The molecule has 2 aliphatic heterocycles. The highest BCUT2D eigenvalue weighted by Crippen LogP contribution is 2.56. The van der Waals surface area contributed by atoms with Crippen molar-refractivity contribution in [3.63, 3.8) is 0 Å². The van der Waals surface area contributed by atoms with E-state index < -0.39 is 22.7 Å². The number of ether oxygens (including phenoxy) is 1. The molecule has 9 heteroatoms. The number of fused-ring (bicyclic) bond motifs is 3. The Kier molecular flexibility index (Phi) is 5.78. The number of aromatic carboxylic acids is 1. The zero-order chi connectivity index (χ0) is 23.3. The monoisotopic (exact) mass is 474 g/mol. The Bertz CT molecular complexity index is 1170. The van der Waals surface area contributed by atoms with Gasteiger partial charge in [0.15, 0.2) is 0 Å². The Labute approximate surface area is 193 Å². The summed E-state index contributed by atoms with van der Waals surface area (Å²) in [6.45, 7) is 5.49. The van der Waals surface area contributed by atoms with Crippen molar-refractivity contribution in [3.8, 4) is 5.75 Å². The lowest BCUT2D eigenvalue weighted by Gasteiger charge is -2.38. The number of anilines is 2. The normalized spacial score (nSPS) is 21.7. The molecule has 0 amide bonds. The molecule has 0 bridgehead atoms. The number of carboxylic acids is 1. The predicted octanol–water partition coefficient (Wildman–Crippen LogP) is 3.57. The maximum Gasteiger partial charge on any atom is 0.341 e. The van der Waals surface area contributed by atoms with Gasteiger partial charge in [0.1, 0.15) is 17.1 Å². The number of benzene rings is 2. The summed E-state index contributed by atoms with van der Waals surface area (Å²) in [4.78, 5) is 14.6. The van der Waals surface area contributed by atoms with E-state index in [0.717, 1.165) is 42.3 Å². The van der Waals surface area contributed by atoms with Crippen LogP contribution in [0.4, 0.5) is 15.8 Å². The second-order valence-electron chi connectivity index (χ2n) is 9.18. The minimum absolute atomic E-state index is 0.0186. The van der Waals surface area contributed by atoms with Crippen molar-refractivity contribution in [2.24, 2.45) is 11.8 Å². The molecule has 2 fully saturated rings. The Hall–Kier alpha value is -2.65. The first kappa shape index (κ1) is 22.2. The third kappa shape index (κ3) is 4.08. The van der Waals surface area contributed by atoms with E-state index in [2.05, 4.69) is 11.8 Å². The molecule has 2 aromatic carbocycles. The molecular weight excluding hydrogens is 447 g/mol. The quantitative estimate of drug-likeness (QED) is 0.569. The number of hydrogen-bond donors (Lipinski definition) is 2. The summed E-state index contributed by atoms with van der Waals surface area (Å²) in [7, 11) is -3.24. The summed E-state index contributed by atoms with van der Waals surface area (Å²) in [6.07, 6.45) is 2.25. The van der Waals surface area contributed by atoms with Gasteiger partial charge in [-0.05, 0) is 73.0 Å². The van der Waals surface area contributed by atoms with Crippen LogP contribution >= 0.6 is 0 Å². The van der Waals surface area contributed by atoms with Gasteiger partial charge in [0.25, 0.3) is 0 Å².